The number of aryl methyl sites for hydroxylation is 1. The monoisotopic (exact) mass is 638 g/mol. The van der Waals surface area contributed by atoms with Crippen molar-refractivity contribution in [3.63, 3.8) is 0 Å². The molecule has 2 heterocycles. The third-order valence-corrected chi connectivity index (χ3v) is 7.88. The summed E-state index contributed by atoms with van der Waals surface area (Å²) in [7, 11) is 2.13. The third-order valence-electron chi connectivity index (χ3n) is 7.58. The Hall–Kier alpha value is -5.26. The SMILES string of the molecule is C=CC(=O)Nc1ccccc1Nc1nc(Nc2ccc(N3CCN(C)CC3)cc2)ncc1C(=O)Nc1c(C)cc(C(C)=O)cc1Cl. The summed E-state index contributed by atoms with van der Waals surface area (Å²) in [5, 5.41) is 12.2. The van der Waals surface area contributed by atoms with Crippen molar-refractivity contribution >= 4 is 69.4 Å². The van der Waals surface area contributed by atoms with Gasteiger partial charge in [-0.1, -0.05) is 30.3 Å². The number of amides is 2. The topological polar surface area (TPSA) is 132 Å². The number of hydrogen-bond donors (Lipinski definition) is 4. The van der Waals surface area contributed by atoms with E-state index < -0.39 is 11.8 Å². The number of benzene rings is 3. The van der Waals surface area contributed by atoms with Crippen LogP contribution in [0.4, 0.5) is 40.2 Å². The van der Waals surface area contributed by atoms with E-state index >= 15 is 0 Å². The average molecular weight is 639 g/mol. The predicted molar refractivity (Wildman–Crippen MR) is 184 cm³/mol. The summed E-state index contributed by atoms with van der Waals surface area (Å²) < 4.78 is 0. The molecule has 12 heteroatoms. The summed E-state index contributed by atoms with van der Waals surface area (Å²) in [6.45, 7) is 10.7. The van der Waals surface area contributed by atoms with Gasteiger partial charge in [-0.15, -0.1) is 0 Å². The van der Waals surface area contributed by atoms with Crippen LogP contribution in [-0.2, 0) is 4.79 Å². The number of Topliss-reactive ketones (excluding diaryl/α,β-unsaturated/α-hetero) is 1. The number of likely N-dealkylation sites (N-methyl/N-ethyl adjacent to an activating group) is 1. The molecule has 2 amide bonds. The lowest BCUT2D eigenvalue weighted by atomic mass is 10.1. The molecule has 0 aliphatic carbocycles. The van der Waals surface area contributed by atoms with Gasteiger partial charge in [0.05, 0.1) is 22.1 Å². The van der Waals surface area contributed by atoms with Crippen molar-refractivity contribution in [2.45, 2.75) is 13.8 Å². The first-order valence-electron chi connectivity index (χ1n) is 14.7. The molecular weight excluding hydrogens is 604 g/mol. The average Bonchev–Trinajstić information content (AvgIpc) is 3.04. The fraction of sp³-hybridized carbons (Fsp3) is 0.206. The molecule has 46 heavy (non-hydrogen) atoms. The highest BCUT2D eigenvalue weighted by Gasteiger charge is 2.20. The van der Waals surface area contributed by atoms with Gasteiger partial charge >= 0.3 is 0 Å². The van der Waals surface area contributed by atoms with Crippen LogP contribution in [0.3, 0.4) is 0 Å². The van der Waals surface area contributed by atoms with E-state index in [2.05, 4.69) is 66.8 Å². The first kappa shape index (κ1) is 32.1. The van der Waals surface area contributed by atoms with Crippen LogP contribution in [0.15, 0.2) is 79.5 Å². The van der Waals surface area contributed by atoms with E-state index in [0.29, 0.717) is 28.2 Å². The van der Waals surface area contributed by atoms with Crippen LogP contribution in [0.5, 0.6) is 0 Å². The Morgan fingerprint density at radius 3 is 2.28 bits per heavy atom. The Morgan fingerprint density at radius 1 is 0.935 bits per heavy atom. The minimum Gasteiger partial charge on any atom is -0.369 e. The van der Waals surface area contributed by atoms with Crippen LogP contribution in [0.25, 0.3) is 0 Å². The van der Waals surface area contributed by atoms with E-state index in [1.54, 1.807) is 37.3 Å². The second-order valence-electron chi connectivity index (χ2n) is 10.9. The Balaban J connectivity index is 1.44. The predicted octanol–water partition coefficient (Wildman–Crippen LogP) is 6.26. The number of rotatable bonds is 10. The van der Waals surface area contributed by atoms with Crippen LogP contribution >= 0.6 is 11.6 Å². The standard InChI is InChI=1S/C34H35ClN8O3/c1-5-30(45)38-28-8-6-7-9-29(28)39-32-26(33(46)40-31-21(2)18-23(22(3)44)19-27(31)35)20-36-34(41-32)37-24-10-12-25(13-11-24)43-16-14-42(4)15-17-43/h5-13,18-20H,1,14-17H2,2-4H3,(H,38,45)(H,40,46)(H2,36,37,39,41). The third kappa shape index (κ3) is 7.68. The molecule has 11 nitrogen and oxygen atoms in total. The highest BCUT2D eigenvalue weighted by molar-refractivity contribution is 6.34. The molecule has 3 aromatic carbocycles. The summed E-state index contributed by atoms with van der Waals surface area (Å²) in [6, 6.07) is 18.2. The maximum Gasteiger partial charge on any atom is 0.261 e. The Bertz CT molecular complexity index is 1760. The van der Waals surface area contributed by atoms with Gasteiger partial charge in [0.2, 0.25) is 11.9 Å². The molecule has 4 aromatic rings. The zero-order valence-corrected chi connectivity index (χ0v) is 26.6. The van der Waals surface area contributed by atoms with Gasteiger partial charge in [-0.25, -0.2) is 4.98 Å². The molecular formula is C34H35ClN8O3. The number of aromatic nitrogens is 2. The lowest BCUT2D eigenvalue weighted by molar-refractivity contribution is -0.111. The summed E-state index contributed by atoms with van der Waals surface area (Å²) in [6.07, 6.45) is 2.57. The minimum absolute atomic E-state index is 0.118. The number of para-hydroxylation sites is 2. The summed E-state index contributed by atoms with van der Waals surface area (Å²) in [5.74, 6) is -0.630. The van der Waals surface area contributed by atoms with Gasteiger partial charge in [-0.05, 0) is 81.1 Å². The van der Waals surface area contributed by atoms with Gasteiger partial charge < -0.3 is 31.1 Å². The van der Waals surface area contributed by atoms with Gasteiger partial charge in [-0.3, -0.25) is 14.4 Å². The van der Waals surface area contributed by atoms with E-state index in [4.69, 9.17) is 11.6 Å². The van der Waals surface area contributed by atoms with E-state index in [1.807, 2.05) is 12.1 Å². The minimum atomic E-state index is -0.529. The number of nitrogens with one attached hydrogen (secondary N) is 4. The molecule has 1 aliphatic heterocycles. The molecule has 1 saturated heterocycles. The second kappa shape index (κ2) is 14.2. The van der Waals surface area contributed by atoms with Crippen molar-refractivity contribution in [2.75, 3.05) is 59.4 Å². The normalized spacial score (nSPS) is 13.1. The quantitative estimate of drug-likeness (QED) is 0.117. The maximum absolute atomic E-state index is 13.7. The van der Waals surface area contributed by atoms with Crippen molar-refractivity contribution < 1.29 is 14.4 Å². The zero-order chi connectivity index (χ0) is 32.8. The molecule has 0 bridgehead atoms. The fourth-order valence-electron chi connectivity index (χ4n) is 4.95. The molecule has 1 aliphatic rings. The first-order valence-corrected chi connectivity index (χ1v) is 15.1. The van der Waals surface area contributed by atoms with Gasteiger partial charge in [0, 0.05) is 49.3 Å². The number of carbonyl (C=O) groups excluding carboxylic acids is 3. The molecule has 0 unspecified atom stereocenters. The number of halogens is 1. The smallest absolute Gasteiger partial charge is 0.261 e. The Morgan fingerprint density at radius 2 is 1.63 bits per heavy atom. The molecule has 0 radical (unpaired) electrons. The lowest BCUT2D eigenvalue weighted by Crippen LogP contribution is -2.44. The van der Waals surface area contributed by atoms with E-state index in [-0.39, 0.29) is 28.1 Å². The lowest BCUT2D eigenvalue weighted by Gasteiger charge is -2.34. The van der Waals surface area contributed by atoms with Crippen molar-refractivity contribution in [1.82, 2.24) is 14.9 Å². The van der Waals surface area contributed by atoms with Crippen LogP contribution in [0.2, 0.25) is 5.02 Å². The molecule has 236 valence electrons. The maximum atomic E-state index is 13.7. The number of nitrogens with zero attached hydrogens (tertiary/aromatic N) is 4. The zero-order valence-electron chi connectivity index (χ0n) is 25.9. The summed E-state index contributed by atoms with van der Waals surface area (Å²) in [5.41, 5.74) is 4.41. The number of carbonyl (C=O) groups is 3. The van der Waals surface area contributed by atoms with Gasteiger partial charge in [0.1, 0.15) is 11.4 Å². The summed E-state index contributed by atoms with van der Waals surface area (Å²) >= 11 is 6.47. The molecule has 0 spiro atoms. The van der Waals surface area contributed by atoms with Crippen molar-refractivity contribution in [1.29, 1.82) is 0 Å². The molecule has 1 fully saturated rings. The number of piperazine rings is 1. The number of anilines is 7. The molecule has 0 atom stereocenters. The van der Waals surface area contributed by atoms with Crippen LogP contribution in [0, 0.1) is 6.92 Å². The van der Waals surface area contributed by atoms with E-state index in [0.717, 1.165) is 37.6 Å². The highest BCUT2D eigenvalue weighted by Crippen LogP contribution is 2.31. The van der Waals surface area contributed by atoms with E-state index in [1.165, 1.54) is 25.3 Å². The summed E-state index contributed by atoms with van der Waals surface area (Å²) in [4.78, 5) is 51.4. The highest BCUT2D eigenvalue weighted by atomic mass is 35.5. The first-order chi connectivity index (χ1) is 22.1. The van der Waals surface area contributed by atoms with Crippen LogP contribution in [-0.4, -0.2) is 65.7 Å². The van der Waals surface area contributed by atoms with Crippen molar-refractivity contribution in [3.8, 4) is 0 Å². The number of hydrogen-bond acceptors (Lipinski definition) is 9. The van der Waals surface area contributed by atoms with Crippen molar-refractivity contribution in [3.05, 3.63) is 101 Å². The van der Waals surface area contributed by atoms with Crippen molar-refractivity contribution in [2.24, 2.45) is 0 Å². The second-order valence-corrected chi connectivity index (χ2v) is 11.3. The number of ketones is 1. The van der Waals surface area contributed by atoms with Crippen LogP contribution < -0.4 is 26.2 Å². The van der Waals surface area contributed by atoms with Gasteiger partial charge in [-0.2, -0.15) is 4.98 Å². The van der Waals surface area contributed by atoms with Crippen LogP contribution in [0.1, 0.15) is 33.2 Å². The Labute approximate surface area is 272 Å². The fourth-order valence-corrected chi connectivity index (χ4v) is 5.27. The molecule has 1 aromatic heterocycles. The molecule has 5 rings (SSSR count). The Kier molecular flexibility index (Phi) is 9.94. The van der Waals surface area contributed by atoms with Gasteiger partial charge in [0.25, 0.3) is 5.91 Å². The largest absolute Gasteiger partial charge is 0.369 e. The molecule has 4 N–H and O–H groups in total. The molecule has 0 saturated carbocycles. The van der Waals surface area contributed by atoms with Gasteiger partial charge in [0.15, 0.2) is 5.78 Å². The van der Waals surface area contributed by atoms with E-state index in [9.17, 15) is 14.4 Å².